The molecule has 0 spiro atoms. The van der Waals surface area contributed by atoms with Gasteiger partial charge in [0.05, 0.1) is 0 Å². The number of nitrogens with one attached hydrogen (secondary N) is 2. The maximum atomic E-state index is 12.0. The van der Waals surface area contributed by atoms with Crippen LogP contribution in [0.5, 0.6) is 0 Å². The predicted molar refractivity (Wildman–Crippen MR) is 80.6 cm³/mol. The van der Waals surface area contributed by atoms with Crippen LogP contribution in [0.2, 0.25) is 0 Å². The third kappa shape index (κ3) is 2.27. The molecule has 0 fully saturated rings. The van der Waals surface area contributed by atoms with Gasteiger partial charge in [-0.05, 0) is 23.8 Å². The Balaban J connectivity index is 2.12. The van der Waals surface area contributed by atoms with E-state index in [9.17, 15) is 9.59 Å². The van der Waals surface area contributed by atoms with Crippen LogP contribution in [-0.2, 0) is 7.05 Å². The van der Waals surface area contributed by atoms with E-state index < -0.39 is 6.09 Å². The van der Waals surface area contributed by atoms with E-state index in [0.717, 1.165) is 16.5 Å². The number of aryl methyl sites for hydroxylation is 1. The molecule has 0 aliphatic heterocycles. The minimum absolute atomic E-state index is 0.0806. The Morgan fingerprint density at radius 3 is 2.62 bits per heavy atom. The minimum Gasteiger partial charge on any atom is -0.465 e. The molecule has 3 N–H and O–H groups in total. The van der Waals surface area contributed by atoms with E-state index in [1.165, 1.54) is 4.57 Å². The van der Waals surface area contributed by atoms with Gasteiger partial charge in [0.2, 0.25) is 0 Å². The van der Waals surface area contributed by atoms with Crippen LogP contribution >= 0.6 is 0 Å². The average Bonchev–Trinajstić information content (AvgIpc) is 2.93. The van der Waals surface area contributed by atoms with E-state index in [-0.39, 0.29) is 5.56 Å². The Labute approximate surface area is 119 Å². The average molecular weight is 283 g/mol. The fraction of sp³-hybridized carbons (Fsp3) is 0.0667. The molecule has 0 bridgehead atoms. The first-order valence-corrected chi connectivity index (χ1v) is 6.33. The molecule has 0 saturated carbocycles. The number of hydrogen-bond acceptors (Lipinski definition) is 2. The lowest BCUT2D eigenvalue weighted by atomic mass is 10.0. The highest BCUT2D eigenvalue weighted by Crippen LogP contribution is 2.27. The molecule has 0 atom stereocenters. The van der Waals surface area contributed by atoms with Crippen molar-refractivity contribution >= 4 is 22.7 Å². The number of aromatic amines is 1. The topological polar surface area (TPSA) is 87.1 Å². The van der Waals surface area contributed by atoms with Crippen LogP contribution in [0, 0.1) is 0 Å². The summed E-state index contributed by atoms with van der Waals surface area (Å²) in [5.74, 6) is 0. The van der Waals surface area contributed by atoms with Gasteiger partial charge in [-0.2, -0.15) is 0 Å². The van der Waals surface area contributed by atoms with Gasteiger partial charge in [0.15, 0.2) is 0 Å². The van der Waals surface area contributed by atoms with Gasteiger partial charge >= 0.3 is 6.09 Å². The van der Waals surface area contributed by atoms with Crippen molar-refractivity contribution in [1.29, 1.82) is 0 Å². The highest BCUT2D eigenvalue weighted by atomic mass is 16.4. The van der Waals surface area contributed by atoms with Crippen LogP contribution < -0.4 is 10.9 Å². The van der Waals surface area contributed by atoms with E-state index in [0.29, 0.717) is 11.2 Å². The Kier molecular flexibility index (Phi) is 2.98. The SMILES string of the molecule is Cn1cc(-c2ccc(NC(=O)O)cc2)c2cc[nH]c2c1=O. The highest BCUT2D eigenvalue weighted by molar-refractivity contribution is 5.94. The van der Waals surface area contributed by atoms with Gasteiger partial charge in [-0.25, -0.2) is 4.79 Å². The van der Waals surface area contributed by atoms with Gasteiger partial charge in [-0.1, -0.05) is 12.1 Å². The third-order valence-corrected chi connectivity index (χ3v) is 3.34. The number of pyridine rings is 1. The summed E-state index contributed by atoms with van der Waals surface area (Å²) >= 11 is 0. The molecule has 6 nitrogen and oxygen atoms in total. The number of amides is 1. The highest BCUT2D eigenvalue weighted by Gasteiger charge is 2.10. The first kappa shape index (κ1) is 13.0. The van der Waals surface area contributed by atoms with Crippen LogP contribution in [0.1, 0.15) is 0 Å². The van der Waals surface area contributed by atoms with Gasteiger partial charge in [-0.3, -0.25) is 10.1 Å². The zero-order valence-corrected chi connectivity index (χ0v) is 11.3. The zero-order valence-electron chi connectivity index (χ0n) is 11.3. The van der Waals surface area contributed by atoms with Crippen LogP contribution in [0.3, 0.4) is 0 Å². The summed E-state index contributed by atoms with van der Waals surface area (Å²) in [5.41, 5.74) is 2.80. The van der Waals surface area contributed by atoms with Crippen molar-refractivity contribution in [2.45, 2.75) is 0 Å². The van der Waals surface area contributed by atoms with Crippen molar-refractivity contribution in [1.82, 2.24) is 9.55 Å². The van der Waals surface area contributed by atoms with E-state index >= 15 is 0 Å². The Hall–Kier alpha value is -3.02. The number of anilines is 1. The lowest BCUT2D eigenvalue weighted by Gasteiger charge is -2.08. The number of benzene rings is 1. The molecule has 0 aliphatic rings. The van der Waals surface area contributed by atoms with Crippen molar-refractivity contribution in [2.24, 2.45) is 7.05 Å². The Morgan fingerprint density at radius 1 is 1.24 bits per heavy atom. The van der Waals surface area contributed by atoms with Crippen molar-refractivity contribution in [3.05, 3.63) is 53.1 Å². The quantitative estimate of drug-likeness (QED) is 0.675. The fourth-order valence-corrected chi connectivity index (χ4v) is 2.36. The van der Waals surface area contributed by atoms with Gasteiger partial charge in [-0.15, -0.1) is 0 Å². The second-order valence-corrected chi connectivity index (χ2v) is 4.73. The summed E-state index contributed by atoms with van der Waals surface area (Å²) in [7, 11) is 1.70. The first-order chi connectivity index (χ1) is 10.1. The number of H-pyrrole nitrogens is 1. The normalized spacial score (nSPS) is 10.7. The number of nitrogens with zero attached hydrogens (tertiary/aromatic N) is 1. The molecule has 1 amide bonds. The van der Waals surface area contributed by atoms with Crippen LogP contribution in [0.15, 0.2) is 47.5 Å². The standard InChI is InChI=1S/C15H13N3O3/c1-18-8-12(11-6-7-16-13(11)14(18)19)9-2-4-10(5-3-9)17-15(20)21/h2-8,16-17H,1H3,(H,20,21). The number of carbonyl (C=O) groups is 1. The van der Waals surface area contributed by atoms with E-state index in [1.54, 1.807) is 31.6 Å². The monoisotopic (exact) mass is 283 g/mol. The van der Waals surface area contributed by atoms with E-state index in [1.807, 2.05) is 18.2 Å². The van der Waals surface area contributed by atoms with Crippen LogP contribution in [-0.4, -0.2) is 20.8 Å². The van der Waals surface area contributed by atoms with E-state index in [2.05, 4.69) is 10.3 Å². The summed E-state index contributed by atoms with van der Waals surface area (Å²) < 4.78 is 1.53. The number of aromatic nitrogens is 2. The van der Waals surface area contributed by atoms with E-state index in [4.69, 9.17) is 5.11 Å². The van der Waals surface area contributed by atoms with Gasteiger partial charge in [0, 0.05) is 36.1 Å². The number of hydrogen-bond donors (Lipinski definition) is 3. The Bertz CT molecular complexity index is 875. The molecule has 0 saturated heterocycles. The van der Waals surface area contributed by atoms with Gasteiger partial charge in [0.1, 0.15) is 5.52 Å². The van der Waals surface area contributed by atoms with Crippen molar-refractivity contribution in [3.8, 4) is 11.1 Å². The number of carboxylic acid groups (broad SMARTS) is 1. The molecule has 21 heavy (non-hydrogen) atoms. The molecule has 2 heterocycles. The lowest BCUT2D eigenvalue weighted by Crippen LogP contribution is -2.16. The van der Waals surface area contributed by atoms with Gasteiger partial charge in [0.25, 0.3) is 5.56 Å². The third-order valence-electron chi connectivity index (χ3n) is 3.34. The molecule has 6 heteroatoms. The second kappa shape index (κ2) is 4.82. The van der Waals surface area contributed by atoms with Crippen LogP contribution in [0.4, 0.5) is 10.5 Å². The smallest absolute Gasteiger partial charge is 0.409 e. The molecule has 0 radical (unpaired) electrons. The number of fused-ring (bicyclic) bond motifs is 1. The van der Waals surface area contributed by atoms with Crippen molar-refractivity contribution < 1.29 is 9.90 Å². The summed E-state index contributed by atoms with van der Waals surface area (Å²) in [6.07, 6.45) is 2.41. The summed E-state index contributed by atoms with van der Waals surface area (Å²) in [4.78, 5) is 25.6. The fourth-order valence-electron chi connectivity index (χ4n) is 2.36. The summed E-state index contributed by atoms with van der Waals surface area (Å²) in [6, 6.07) is 8.87. The molecular formula is C15H13N3O3. The molecule has 3 rings (SSSR count). The predicted octanol–water partition coefficient (Wildman–Crippen LogP) is 2.62. The summed E-state index contributed by atoms with van der Waals surface area (Å²) in [6.45, 7) is 0. The maximum absolute atomic E-state index is 12.0. The van der Waals surface area contributed by atoms with Crippen molar-refractivity contribution in [3.63, 3.8) is 0 Å². The van der Waals surface area contributed by atoms with Crippen LogP contribution in [0.25, 0.3) is 22.0 Å². The first-order valence-electron chi connectivity index (χ1n) is 6.33. The number of rotatable bonds is 2. The molecule has 1 aromatic carbocycles. The second-order valence-electron chi connectivity index (χ2n) is 4.73. The zero-order chi connectivity index (χ0) is 15.0. The Morgan fingerprint density at radius 2 is 1.95 bits per heavy atom. The molecule has 106 valence electrons. The molecule has 0 unspecified atom stereocenters. The molecular weight excluding hydrogens is 270 g/mol. The minimum atomic E-state index is -1.10. The van der Waals surface area contributed by atoms with Gasteiger partial charge < -0.3 is 14.7 Å². The molecule has 3 aromatic rings. The lowest BCUT2D eigenvalue weighted by molar-refractivity contribution is 0.210. The largest absolute Gasteiger partial charge is 0.465 e. The maximum Gasteiger partial charge on any atom is 0.409 e. The van der Waals surface area contributed by atoms with Crippen molar-refractivity contribution in [2.75, 3.05) is 5.32 Å². The molecule has 0 aliphatic carbocycles. The summed E-state index contributed by atoms with van der Waals surface area (Å²) in [5, 5.41) is 11.8. The molecule has 2 aromatic heterocycles.